The van der Waals surface area contributed by atoms with Crippen molar-refractivity contribution in [2.24, 2.45) is 0 Å². The van der Waals surface area contributed by atoms with E-state index in [-0.39, 0.29) is 0 Å². The lowest BCUT2D eigenvalue weighted by Crippen LogP contribution is -1.96. The van der Waals surface area contributed by atoms with E-state index in [0.717, 1.165) is 7.11 Å². The van der Waals surface area contributed by atoms with E-state index in [1.807, 2.05) is 6.07 Å². The van der Waals surface area contributed by atoms with Gasteiger partial charge in [0.25, 0.3) is 0 Å². The van der Waals surface area contributed by atoms with E-state index in [4.69, 9.17) is 16.5 Å². The zero-order chi connectivity index (χ0) is 10.6. The van der Waals surface area contributed by atoms with E-state index in [9.17, 15) is 4.57 Å². The SMILES string of the molecule is COP(=O)(O)OC(Cl)c1ccccc1. The summed E-state index contributed by atoms with van der Waals surface area (Å²) in [5.41, 5.74) is -0.396. The molecule has 6 heteroatoms. The second-order valence-electron chi connectivity index (χ2n) is 2.48. The van der Waals surface area contributed by atoms with Crippen molar-refractivity contribution >= 4 is 19.4 Å². The zero-order valence-electron chi connectivity index (χ0n) is 7.46. The topological polar surface area (TPSA) is 55.8 Å². The van der Waals surface area contributed by atoms with E-state index in [1.54, 1.807) is 24.3 Å². The molecule has 0 spiro atoms. The second kappa shape index (κ2) is 4.91. The standard InChI is InChI=1S/C8H10ClO4P/c1-12-14(10,11)13-8(9)7-5-3-2-4-6-7/h2-6,8H,1H3,(H,10,11). The Kier molecular flexibility index (Phi) is 4.11. The van der Waals surface area contributed by atoms with Gasteiger partial charge >= 0.3 is 7.82 Å². The van der Waals surface area contributed by atoms with Gasteiger partial charge in [-0.1, -0.05) is 41.9 Å². The summed E-state index contributed by atoms with van der Waals surface area (Å²) in [6, 6.07) is 8.69. The van der Waals surface area contributed by atoms with Gasteiger partial charge in [-0.2, -0.15) is 0 Å². The minimum Gasteiger partial charge on any atom is -0.302 e. The fraction of sp³-hybridized carbons (Fsp3) is 0.250. The molecule has 1 aromatic rings. The van der Waals surface area contributed by atoms with E-state index in [2.05, 4.69) is 9.05 Å². The molecule has 1 aromatic carbocycles. The second-order valence-corrected chi connectivity index (χ2v) is 4.39. The molecule has 0 fully saturated rings. The Balaban J connectivity index is 2.68. The molecule has 78 valence electrons. The Morgan fingerprint density at radius 1 is 1.43 bits per heavy atom. The number of rotatable bonds is 4. The summed E-state index contributed by atoms with van der Waals surface area (Å²) in [5.74, 6) is 0. The highest BCUT2D eigenvalue weighted by molar-refractivity contribution is 7.47. The maximum atomic E-state index is 11.0. The number of phosphoric ester groups is 1. The van der Waals surface area contributed by atoms with E-state index < -0.39 is 13.4 Å². The first-order chi connectivity index (χ1) is 6.55. The molecule has 0 bridgehead atoms. The van der Waals surface area contributed by atoms with Gasteiger partial charge in [0.15, 0.2) is 5.56 Å². The van der Waals surface area contributed by atoms with Crippen LogP contribution in [0.15, 0.2) is 30.3 Å². The van der Waals surface area contributed by atoms with Crippen molar-refractivity contribution in [1.29, 1.82) is 0 Å². The molecule has 0 aliphatic heterocycles. The van der Waals surface area contributed by atoms with Crippen molar-refractivity contribution in [3.8, 4) is 0 Å². The largest absolute Gasteiger partial charge is 0.473 e. The van der Waals surface area contributed by atoms with Gasteiger partial charge in [0.05, 0.1) is 0 Å². The summed E-state index contributed by atoms with van der Waals surface area (Å²) in [6.45, 7) is 0. The van der Waals surface area contributed by atoms with Crippen LogP contribution in [0.25, 0.3) is 0 Å². The Labute approximate surface area is 87.0 Å². The number of benzene rings is 1. The third-order valence-electron chi connectivity index (χ3n) is 1.52. The molecule has 0 amide bonds. The number of hydrogen-bond donors (Lipinski definition) is 1. The molecule has 4 nitrogen and oxygen atoms in total. The van der Waals surface area contributed by atoms with Crippen LogP contribution in [0.3, 0.4) is 0 Å². The molecule has 0 aromatic heterocycles. The minimum atomic E-state index is -4.03. The molecule has 14 heavy (non-hydrogen) atoms. The molecule has 1 rings (SSSR count). The molecule has 0 radical (unpaired) electrons. The molecular weight excluding hydrogens is 227 g/mol. The Morgan fingerprint density at radius 3 is 2.50 bits per heavy atom. The predicted octanol–water partition coefficient (Wildman–Crippen LogP) is 2.69. The smallest absolute Gasteiger partial charge is 0.302 e. The highest BCUT2D eigenvalue weighted by atomic mass is 35.5. The molecule has 1 N–H and O–H groups in total. The average Bonchev–Trinajstić information content (AvgIpc) is 2.19. The van der Waals surface area contributed by atoms with Crippen molar-refractivity contribution in [2.75, 3.05) is 7.11 Å². The van der Waals surface area contributed by atoms with Crippen LogP contribution in [0, 0.1) is 0 Å². The van der Waals surface area contributed by atoms with Gasteiger partial charge in [-0.05, 0) is 5.56 Å². The molecule has 0 heterocycles. The first-order valence-electron chi connectivity index (χ1n) is 3.81. The Morgan fingerprint density at radius 2 is 2.00 bits per heavy atom. The lowest BCUT2D eigenvalue weighted by Gasteiger charge is -2.14. The van der Waals surface area contributed by atoms with Crippen LogP contribution in [-0.2, 0) is 13.6 Å². The molecule has 0 aliphatic carbocycles. The van der Waals surface area contributed by atoms with Crippen molar-refractivity contribution in [2.45, 2.75) is 5.56 Å². The van der Waals surface area contributed by atoms with Crippen LogP contribution in [0.2, 0.25) is 0 Å². The molecule has 2 unspecified atom stereocenters. The maximum absolute atomic E-state index is 11.0. The van der Waals surface area contributed by atoms with Gasteiger partial charge in [0.1, 0.15) is 0 Å². The summed E-state index contributed by atoms with van der Waals surface area (Å²) >= 11 is 5.74. The van der Waals surface area contributed by atoms with E-state index >= 15 is 0 Å². The van der Waals surface area contributed by atoms with Gasteiger partial charge in [-0.15, -0.1) is 0 Å². The average molecular weight is 237 g/mol. The highest BCUT2D eigenvalue weighted by Crippen LogP contribution is 2.48. The summed E-state index contributed by atoms with van der Waals surface area (Å²) in [7, 11) is -2.95. The van der Waals surface area contributed by atoms with Crippen LogP contribution < -0.4 is 0 Å². The Hall–Kier alpha value is -0.380. The van der Waals surface area contributed by atoms with Gasteiger partial charge in [-0.25, -0.2) is 4.57 Å². The fourth-order valence-electron chi connectivity index (χ4n) is 0.825. The lowest BCUT2D eigenvalue weighted by atomic mass is 10.2. The van der Waals surface area contributed by atoms with E-state index in [1.165, 1.54) is 0 Å². The molecule has 2 atom stereocenters. The van der Waals surface area contributed by atoms with Gasteiger partial charge < -0.3 is 4.89 Å². The van der Waals surface area contributed by atoms with Crippen LogP contribution >= 0.6 is 19.4 Å². The Bertz CT molecular complexity index is 329. The number of hydrogen-bond acceptors (Lipinski definition) is 3. The third-order valence-corrected chi connectivity index (χ3v) is 2.92. The molecular formula is C8H10ClO4P. The highest BCUT2D eigenvalue weighted by Gasteiger charge is 2.24. The van der Waals surface area contributed by atoms with Crippen molar-refractivity contribution in [3.63, 3.8) is 0 Å². The van der Waals surface area contributed by atoms with E-state index in [0.29, 0.717) is 5.56 Å². The normalized spacial score (nSPS) is 17.4. The van der Waals surface area contributed by atoms with Crippen molar-refractivity contribution < 1.29 is 18.5 Å². The first kappa shape index (κ1) is 11.7. The number of phosphoric acid groups is 1. The van der Waals surface area contributed by atoms with Gasteiger partial charge in [0, 0.05) is 7.11 Å². The number of alkyl halides is 1. The van der Waals surface area contributed by atoms with Crippen molar-refractivity contribution in [1.82, 2.24) is 0 Å². The van der Waals surface area contributed by atoms with Crippen LogP contribution in [0.4, 0.5) is 0 Å². The molecule has 0 aliphatic rings. The monoisotopic (exact) mass is 236 g/mol. The van der Waals surface area contributed by atoms with Crippen LogP contribution in [0.1, 0.15) is 11.1 Å². The zero-order valence-corrected chi connectivity index (χ0v) is 9.11. The van der Waals surface area contributed by atoms with Gasteiger partial charge in [0.2, 0.25) is 0 Å². The summed E-state index contributed by atoms with van der Waals surface area (Å²) in [5, 5.41) is 0. The van der Waals surface area contributed by atoms with Gasteiger partial charge in [-0.3, -0.25) is 9.05 Å². The first-order valence-corrected chi connectivity index (χ1v) is 5.74. The summed E-state index contributed by atoms with van der Waals surface area (Å²) in [6.07, 6.45) is 0. The van der Waals surface area contributed by atoms with Crippen LogP contribution in [-0.4, -0.2) is 12.0 Å². The number of halogens is 1. The lowest BCUT2D eigenvalue weighted by molar-refractivity contribution is 0.158. The van der Waals surface area contributed by atoms with Crippen molar-refractivity contribution in [3.05, 3.63) is 35.9 Å². The summed E-state index contributed by atoms with van der Waals surface area (Å²) in [4.78, 5) is 8.98. The third kappa shape index (κ3) is 3.40. The quantitative estimate of drug-likeness (QED) is 0.645. The molecule has 0 saturated carbocycles. The summed E-state index contributed by atoms with van der Waals surface area (Å²) < 4.78 is 19.9. The fourth-order valence-corrected chi connectivity index (χ4v) is 1.71. The minimum absolute atomic E-state index is 0.598. The maximum Gasteiger partial charge on any atom is 0.473 e. The predicted molar refractivity (Wildman–Crippen MR) is 53.0 cm³/mol. The van der Waals surface area contributed by atoms with Crippen LogP contribution in [0.5, 0.6) is 0 Å². The molecule has 0 saturated heterocycles.